The fraction of sp³-hybridized carbons (Fsp3) is 0.385. The molecule has 1 aliphatic carbocycles. The molecule has 0 aliphatic heterocycles. The zero-order valence-electron chi connectivity index (χ0n) is 9.42. The highest BCUT2D eigenvalue weighted by Crippen LogP contribution is 2.34. The fourth-order valence-corrected chi connectivity index (χ4v) is 2.61. The number of aryl methyl sites for hydroxylation is 1. The standard InChI is InChI=1S/C13H16N2O/c1-16-8-5-6-9-10-3-2-4-11(14)13(10)15-12(9)7-8/h5-7,11,15H,2-4,14H2,1H3. The van der Waals surface area contributed by atoms with Gasteiger partial charge in [-0.25, -0.2) is 0 Å². The molecule has 1 atom stereocenters. The first-order chi connectivity index (χ1) is 7.79. The summed E-state index contributed by atoms with van der Waals surface area (Å²) in [6, 6.07) is 6.35. The highest BCUT2D eigenvalue weighted by Gasteiger charge is 2.21. The molecule has 1 unspecified atom stereocenters. The Balaban J connectivity index is 2.23. The number of aromatic nitrogens is 1. The van der Waals surface area contributed by atoms with Crippen molar-refractivity contribution in [1.82, 2.24) is 4.98 Å². The second kappa shape index (κ2) is 3.52. The lowest BCUT2D eigenvalue weighted by Crippen LogP contribution is -2.16. The van der Waals surface area contributed by atoms with E-state index >= 15 is 0 Å². The number of fused-ring (bicyclic) bond motifs is 3. The van der Waals surface area contributed by atoms with E-state index in [1.54, 1.807) is 7.11 Å². The Hall–Kier alpha value is -1.48. The van der Waals surface area contributed by atoms with Crippen molar-refractivity contribution in [3.05, 3.63) is 29.5 Å². The number of hydrogen-bond acceptors (Lipinski definition) is 2. The third kappa shape index (κ3) is 1.32. The molecule has 0 amide bonds. The minimum atomic E-state index is 0.169. The van der Waals surface area contributed by atoms with E-state index in [2.05, 4.69) is 11.1 Å². The maximum Gasteiger partial charge on any atom is 0.120 e. The number of rotatable bonds is 1. The molecule has 3 nitrogen and oxygen atoms in total. The minimum Gasteiger partial charge on any atom is -0.497 e. The van der Waals surface area contributed by atoms with Gasteiger partial charge in [-0.15, -0.1) is 0 Å². The van der Waals surface area contributed by atoms with Gasteiger partial charge in [0.2, 0.25) is 0 Å². The van der Waals surface area contributed by atoms with Crippen molar-refractivity contribution in [2.75, 3.05) is 7.11 Å². The molecule has 3 N–H and O–H groups in total. The molecule has 1 heterocycles. The number of hydrogen-bond donors (Lipinski definition) is 2. The van der Waals surface area contributed by atoms with Gasteiger partial charge in [-0.2, -0.15) is 0 Å². The summed E-state index contributed by atoms with van der Waals surface area (Å²) in [6.07, 6.45) is 3.40. The monoisotopic (exact) mass is 216 g/mol. The largest absolute Gasteiger partial charge is 0.497 e. The van der Waals surface area contributed by atoms with Gasteiger partial charge in [0.05, 0.1) is 7.11 Å². The second-order valence-electron chi connectivity index (χ2n) is 4.43. The van der Waals surface area contributed by atoms with Gasteiger partial charge in [-0.05, 0) is 37.0 Å². The Morgan fingerprint density at radius 1 is 1.44 bits per heavy atom. The van der Waals surface area contributed by atoms with Crippen LogP contribution in [0.3, 0.4) is 0 Å². The van der Waals surface area contributed by atoms with Crippen LogP contribution in [0.2, 0.25) is 0 Å². The van der Waals surface area contributed by atoms with E-state index in [0.717, 1.165) is 24.1 Å². The number of aromatic amines is 1. The highest BCUT2D eigenvalue weighted by molar-refractivity contribution is 5.86. The molecule has 0 fully saturated rings. The van der Waals surface area contributed by atoms with Crippen molar-refractivity contribution in [3.63, 3.8) is 0 Å². The van der Waals surface area contributed by atoms with Gasteiger partial charge in [0.25, 0.3) is 0 Å². The third-order valence-electron chi connectivity index (χ3n) is 3.46. The summed E-state index contributed by atoms with van der Waals surface area (Å²) in [6.45, 7) is 0. The molecule has 3 heteroatoms. The van der Waals surface area contributed by atoms with Crippen LogP contribution in [0.1, 0.15) is 30.1 Å². The van der Waals surface area contributed by atoms with Crippen molar-refractivity contribution < 1.29 is 4.74 Å². The van der Waals surface area contributed by atoms with Crippen LogP contribution in [0, 0.1) is 0 Å². The zero-order chi connectivity index (χ0) is 11.1. The van der Waals surface area contributed by atoms with Gasteiger partial charge < -0.3 is 15.5 Å². The van der Waals surface area contributed by atoms with Gasteiger partial charge in [-0.1, -0.05) is 0 Å². The van der Waals surface area contributed by atoms with E-state index in [-0.39, 0.29) is 6.04 Å². The Bertz CT molecular complexity index is 530. The summed E-state index contributed by atoms with van der Waals surface area (Å²) in [4.78, 5) is 3.44. The quantitative estimate of drug-likeness (QED) is 0.769. The molecular weight excluding hydrogens is 200 g/mol. The molecule has 1 aliphatic rings. The average molecular weight is 216 g/mol. The first-order valence-corrected chi connectivity index (χ1v) is 5.73. The number of H-pyrrole nitrogens is 1. The van der Waals surface area contributed by atoms with Crippen LogP contribution in [0.4, 0.5) is 0 Å². The van der Waals surface area contributed by atoms with Gasteiger partial charge in [0.1, 0.15) is 5.75 Å². The fourth-order valence-electron chi connectivity index (χ4n) is 2.61. The Labute approximate surface area is 94.6 Å². The summed E-state index contributed by atoms with van der Waals surface area (Å²) in [7, 11) is 1.69. The van der Waals surface area contributed by atoms with E-state index in [9.17, 15) is 0 Å². The van der Waals surface area contributed by atoms with E-state index in [1.807, 2.05) is 12.1 Å². The van der Waals surface area contributed by atoms with Crippen molar-refractivity contribution in [1.29, 1.82) is 0 Å². The molecular formula is C13H16N2O. The number of ether oxygens (including phenoxy) is 1. The SMILES string of the molecule is COc1ccc2c3c([nH]c2c1)C(N)CCC3. The first-order valence-electron chi connectivity index (χ1n) is 5.73. The summed E-state index contributed by atoms with van der Waals surface area (Å²) in [5.41, 5.74) is 9.88. The molecule has 84 valence electrons. The van der Waals surface area contributed by atoms with Gasteiger partial charge in [0, 0.05) is 28.7 Å². The van der Waals surface area contributed by atoms with Gasteiger partial charge >= 0.3 is 0 Å². The van der Waals surface area contributed by atoms with Crippen LogP contribution >= 0.6 is 0 Å². The molecule has 1 aromatic heterocycles. The summed E-state index contributed by atoms with van der Waals surface area (Å²) in [5, 5.41) is 1.30. The number of methoxy groups -OCH3 is 1. The molecule has 0 radical (unpaired) electrons. The third-order valence-corrected chi connectivity index (χ3v) is 3.46. The topological polar surface area (TPSA) is 51.0 Å². The molecule has 16 heavy (non-hydrogen) atoms. The van der Waals surface area contributed by atoms with Crippen molar-refractivity contribution >= 4 is 10.9 Å². The van der Waals surface area contributed by atoms with Crippen molar-refractivity contribution in [2.24, 2.45) is 5.73 Å². The van der Waals surface area contributed by atoms with Gasteiger partial charge in [0.15, 0.2) is 0 Å². The second-order valence-corrected chi connectivity index (χ2v) is 4.43. The lowest BCUT2D eigenvalue weighted by molar-refractivity contribution is 0.415. The zero-order valence-corrected chi connectivity index (χ0v) is 9.42. The average Bonchev–Trinajstić information content (AvgIpc) is 2.68. The summed E-state index contributed by atoms with van der Waals surface area (Å²) in [5.74, 6) is 0.889. The Morgan fingerprint density at radius 3 is 3.12 bits per heavy atom. The maximum atomic E-state index is 6.12. The van der Waals surface area contributed by atoms with Crippen LogP contribution in [-0.4, -0.2) is 12.1 Å². The first kappa shape index (κ1) is 9.73. The van der Waals surface area contributed by atoms with Crippen molar-refractivity contribution in [2.45, 2.75) is 25.3 Å². The van der Waals surface area contributed by atoms with E-state index < -0.39 is 0 Å². The van der Waals surface area contributed by atoms with E-state index in [1.165, 1.54) is 23.1 Å². The highest BCUT2D eigenvalue weighted by atomic mass is 16.5. The normalized spacial score (nSPS) is 19.8. The number of nitrogens with one attached hydrogen (secondary N) is 1. The predicted molar refractivity (Wildman–Crippen MR) is 64.7 cm³/mol. The molecule has 0 bridgehead atoms. The van der Waals surface area contributed by atoms with Crippen LogP contribution in [0.5, 0.6) is 5.75 Å². The smallest absolute Gasteiger partial charge is 0.120 e. The lowest BCUT2D eigenvalue weighted by atomic mass is 9.92. The molecule has 3 rings (SSSR count). The maximum absolute atomic E-state index is 6.12. The molecule has 2 aromatic rings. The van der Waals surface area contributed by atoms with Crippen LogP contribution in [0.25, 0.3) is 10.9 Å². The number of nitrogens with two attached hydrogens (primary N) is 1. The van der Waals surface area contributed by atoms with Crippen LogP contribution in [0.15, 0.2) is 18.2 Å². The predicted octanol–water partition coefficient (Wildman–Crippen LogP) is 2.51. The molecule has 0 saturated heterocycles. The Morgan fingerprint density at radius 2 is 2.31 bits per heavy atom. The lowest BCUT2D eigenvalue weighted by Gasteiger charge is -2.18. The number of benzene rings is 1. The summed E-state index contributed by atoms with van der Waals surface area (Å²) >= 11 is 0. The molecule has 0 spiro atoms. The molecule has 0 saturated carbocycles. The van der Waals surface area contributed by atoms with Crippen molar-refractivity contribution in [3.8, 4) is 5.75 Å². The summed E-state index contributed by atoms with van der Waals surface area (Å²) < 4.78 is 5.23. The van der Waals surface area contributed by atoms with Crippen LogP contribution in [-0.2, 0) is 6.42 Å². The minimum absolute atomic E-state index is 0.169. The Kier molecular flexibility index (Phi) is 2.14. The van der Waals surface area contributed by atoms with Crippen LogP contribution < -0.4 is 10.5 Å². The van der Waals surface area contributed by atoms with Gasteiger partial charge in [-0.3, -0.25) is 0 Å². The van der Waals surface area contributed by atoms with E-state index in [0.29, 0.717) is 0 Å². The molecule has 1 aromatic carbocycles. The van der Waals surface area contributed by atoms with E-state index in [4.69, 9.17) is 10.5 Å².